The summed E-state index contributed by atoms with van der Waals surface area (Å²) in [6.07, 6.45) is 2.83. The number of aromatic nitrogens is 2. The molecule has 1 N–H and O–H groups in total. The molecule has 4 heteroatoms. The molecule has 0 saturated heterocycles. The molecule has 0 saturated carbocycles. The fraction of sp³-hybridized carbons (Fsp3) is 0.333. The van der Waals surface area contributed by atoms with E-state index in [4.69, 9.17) is 0 Å². The molecule has 1 heterocycles. The van der Waals surface area contributed by atoms with Crippen molar-refractivity contribution in [2.75, 3.05) is 6.54 Å². The van der Waals surface area contributed by atoms with Crippen LogP contribution in [0.25, 0.3) is 0 Å². The Balaban J connectivity index is 1.75. The van der Waals surface area contributed by atoms with Crippen molar-refractivity contribution in [3.63, 3.8) is 0 Å². The van der Waals surface area contributed by atoms with Gasteiger partial charge in [-0.05, 0) is 38.5 Å². The average molecular weight is 257 g/mol. The first-order valence-electron chi connectivity index (χ1n) is 6.50. The predicted molar refractivity (Wildman–Crippen MR) is 75.1 cm³/mol. The summed E-state index contributed by atoms with van der Waals surface area (Å²) in [6, 6.07) is 9.59. The van der Waals surface area contributed by atoms with Gasteiger partial charge in [0, 0.05) is 24.8 Å². The van der Waals surface area contributed by atoms with Gasteiger partial charge in [0.25, 0.3) is 5.91 Å². The Bertz CT molecular complexity index is 560. The zero-order chi connectivity index (χ0) is 13.7. The number of benzene rings is 1. The fourth-order valence-electron chi connectivity index (χ4n) is 1.92. The van der Waals surface area contributed by atoms with Crippen molar-refractivity contribution in [2.45, 2.75) is 26.8 Å². The summed E-state index contributed by atoms with van der Waals surface area (Å²) < 4.78 is 1.90. The molecule has 0 aliphatic carbocycles. The van der Waals surface area contributed by atoms with E-state index in [1.807, 2.05) is 55.1 Å². The molecule has 0 spiro atoms. The average Bonchev–Trinajstić information content (AvgIpc) is 2.80. The van der Waals surface area contributed by atoms with Crippen LogP contribution in [-0.2, 0) is 6.54 Å². The van der Waals surface area contributed by atoms with E-state index in [2.05, 4.69) is 10.4 Å². The standard InChI is InChI=1S/C15H19N3O/c1-12-5-3-6-14(11-12)15(19)16-8-4-9-18-10-7-13(2)17-18/h3,5-7,10-11H,4,8-9H2,1-2H3,(H,16,19). The van der Waals surface area contributed by atoms with Crippen LogP contribution in [0.2, 0.25) is 0 Å². The molecule has 0 bridgehead atoms. The van der Waals surface area contributed by atoms with E-state index in [0.29, 0.717) is 6.54 Å². The van der Waals surface area contributed by atoms with Crippen LogP contribution >= 0.6 is 0 Å². The number of hydrogen-bond acceptors (Lipinski definition) is 2. The van der Waals surface area contributed by atoms with Gasteiger partial charge in [-0.1, -0.05) is 17.7 Å². The molecule has 2 rings (SSSR count). The zero-order valence-electron chi connectivity index (χ0n) is 11.4. The second-order valence-corrected chi connectivity index (χ2v) is 4.70. The van der Waals surface area contributed by atoms with E-state index in [1.54, 1.807) is 0 Å². The van der Waals surface area contributed by atoms with E-state index in [1.165, 1.54) is 0 Å². The van der Waals surface area contributed by atoms with Gasteiger partial charge < -0.3 is 5.32 Å². The van der Waals surface area contributed by atoms with E-state index < -0.39 is 0 Å². The minimum atomic E-state index is -0.0136. The second-order valence-electron chi connectivity index (χ2n) is 4.70. The summed E-state index contributed by atoms with van der Waals surface area (Å²) >= 11 is 0. The lowest BCUT2D eigenvalue weighted by Gasteiger charge is -2.06. The highest BCUT2D eigenvalue weighted by Gasteiger charge is 2.04. The van der Waals surface area contributed by atoms with Crippen molar-refractivity contribution < 1.29 is 4.79 Å². The summed E-state index contributed by atoms with van der Waals surface area (Å²) in [5.74, 6) is -0.0136. The number of nitrogens with zero attached hydrogens (tertiary/aromatic N) is 2. The molecule has 2 aromatic rings. The maximum atomic E-state index is 11.9. The van der Waals surface area contributed by atoms with Gasteiger partial charge in [-0.2, -0.15) is 5.10 Å². The van der Waals surface area contributed by atoms with Gasteiger partial charge >= 0.3 is 0 Å². The molecule has 1 aromatic heterocycles. The minimum Gasteiger partial charge on any atom is -0.352 e. The molecule has 0 radical (unpaired) electrons. The lowest BCUT2D eigenvalue weighted by molar-refractivity contribution is 0.0952. The van der Waals surface area contributed by atoms with Crippen molar-refractivity contribution in [1.82, 2.24) is 15.1 Å². The highest BCUT2D eigenvalue weighted by molar-refractivity contribution is 5.94. The highest BCUT2D eigenvalue weighted by Crippen LogP contribution is 2.03. The Morgan fingerprint density at radius 1 is 1.32 bits per heavy atom. The number of nitrogens with one attached hydrogen (secondary N) is 1. The van der Waals surface area contributed by atoms with E-state index in [-0.39, 0.29) is 5.91 Å². The predicted octanol–water partition coefficient (Wildman–Crippen LogP) is 2.32. The number of aryl methyl sites for hydroxylation is 3. The first kappa shape index (κ1) is 13.3. The fourth-order valence-corrected chi connectivity index (χ4v) is 1.92. The molecular formula is C15H19N3O. The topological polar surface area (TPSA) is 46.9 Å². The lowest BCUT2D eigenvalue weighted by atomic mass is 10.1. The van der Waals surface area contributed by atoms with Crippen LogP contribution in [-0.4, -0.2) is 22.2 Å². The molecule has 0 unspecified atom stereocenters. The van der Waals surface area contributed by atoms with Crippen LogP contribution in [0.15, 0.2) is 36.5 Å². The summed E-state index contributed by atoms with van der Waals surface area (Å²) in [5, 5.41) is 7.22. The molecule has 0 aliphatic heterocycles. The molecule has 0 atom stereocenters. The third-order valence-electron chi connectivity index (χ3n) is 2.90. The maximum Gasteiger partial charge on any atom is 0.251 e. The first-order chi connectivity index (χ1) is 9.15. The smallest absolute Gasteiger partial charge is 0.251 e. The van der Waals surface area contributed by atoms with Crippen molar-refractivity contribution in [1.29, 1.82) is 0 Å². The molecule has 0 fully saturated rings. The van der Waals surface area contributed by atoms with E-state index >= 15 is 0 Å². The number of carbonyl (C=O) groups excluding carboxylic acids is 1. The molecule has 1 aromatic carbocycles. The van der Waals surface area contributed by atoms with Crippen LogP contribution in [0, 0.1) is 13.8 Å². The van der Waals surface area contributed by atoms with Gasteiger partial charge in [-0.25, -0.2) is 0 Å². The number of carbonyl (C=O) groups is 1. The van der Waals surface area contributed by atoms with Gasteiger partial charge in [0.2, 0.25) is 0 Å². The van der Waals surface area contributed by atoms with E-state index in [9.17, 15) is 4.79 Å². The van der Waals surface area contributed by atoms with Crippen LogP contribution in [0.3, 0.4) is 0 Å². The third-order valence-corrected chi connectivity index (χ3v) is 2.90. The van der Waals surface area contributed by atoms with Crippen molar-refractivity contribution in [3.05, 3.63) is 53.3 Å². The van der Waals surface area contributed by atoms with E-state index in [0.717, 1.165) is 29.8 Å². The Kier molecular flexibility index (Phi) is 4.34. The summed E-state index contributed by atoms with van der Waals surface area (Å²) in [4.78, 5) is 11.9. The van der Waals surface area contributed by atoms with Crippen LogP contribution < -0.4 is 5.32 Å². The Morgan fingerprint density at radius 3 is 2.84 bits per heavy atom. The number of rotatable bonds is 5. The first-order valence-corrected chi connectivity index (χ1v) is 6.50. The zero-order valence-corrected chi connectivity index (χ0v) is 11.4. The number of hydrogen-bond donors (Lipinski definition) is 1. The molecule has 1 amide bonds. The molecular weight excluding hydrogens is 238 g/mol. The summed E-state index contributed by atoms with van der Waals surface area (Å²) in [5.41, 5.74) is 2.83. The molecule has 0 aliphatic rings. The maximum absolute atomic E-state index is 11.9. The Morgan fingerprint density at radius 2 is 2.16 bits per heavy atom. The summed E-state index contributed by atoms with van der Waals surface area (Å²) in [6.45, 7) is 5.43. The largest absolute Gasteiger partial charge is 0.352 e. The quantitative estimate of drug-likeness (QED) is 0.836. The van der Waals surface area contributed by atoms with Gasteiger partial charge in [-0.15, -0.1) is 0 Å². The van der Waals surface area contributed by atoms with Crippen LogP contribution in [0.4, 0.5) is 0 Å². The van der Waals surface area contributed by atoms with Crippen molar-refractivity contribution in [2.24, 2.45) is 0 Å². The lowest BCUT2D eigenvalue weighted by Crippen LogP contribution is -2.25. The highest BCUT2D eigenvalue weighted by atomic mass is 16.1. The SMILES string of the molecule is Cc1cccc(C(=O)NCCCn2ccc(C)n2)c1. The van der Waals surface area contributed by atoms with Gasteiger partial charge in [0.15, 0.2) is 0 Å². The normalized spacial score (nSPS) is 10.4. The minimum absolute atomic E-state index is 0.0136. The second kappa shape index (κ2) is 6.18. The van der Waals surface area contributed by atoms with Gasteiger partial charge in [0.05, 0.1) is 5.69 Å². The van der Waals surface area contributed by atoms with Gasteiger partial charge in [-0.3, -0.25) is 9.48 Å². The molecule has 19 heavy (non-hydrogen) atoms. The Labute approximate surface area is 113 Å². The van der Waals surface area contributed by atoms with Gasteiger partial charge in [0.1, 0.15) is 0 Å². The third kappa shape index (κ3) is 3.95. The monoisotopic (exact) mass is 257 g/mol. The molecule has 4 nitrogen and oxygen atoms in total. The van der Waals surface area contributed by atoms with Crippen LogP contribution in [0.5, 0.6) is 0 Å². The number of amides is 1. The van der Waals surface area contributed by atoms with Crippen LogP contribution in [0.1, 0.15) is 28.0 Å². The molecule has 100 valence electrons. The van der Waals surface area contributed by atoms with Crippen molar-refractivity contribution in [3.8, 4) is 0 Å². The van der Waals surface area contributed by atoms with Crippen molar-refractivity contribution >= 4 is 5.91 Å². The Hall–Kier alpha value is -2.10. The summed E-state index contributed by atoms with van der Waals surface area (Å²) in [7, 11) is 0.